The Morgan fingerprint density at radius 3 is 2.33 bits per heavy atom. The van der Waals surface area contributed by atoms with Gasteiger partial charge in [-0.3, -0.25) is 4.79 Å². The Balaban J connectivity index is 2.47. The number of nitrogens with one attached hydrogen (secondary N) is 1. The lowest BCUT2D eigenvalue weighted by atomic mass is 10.2. The first-order valence-corrected chi connectivity index (χ1v) is 7.83. The minimum Gasteiger partial charge on any atom is -0.445 e. The van der Waals surface area contributed by atoms with E-state index < -0.39 is 18.4 Å². The van der Waals surface area contributed by atoms with Gasteiger partial charge in [-0.1, -0.05) is 30.3 Å². The summed E-state index contributed by atoms with van der Waals surface area (Å²) in [6.45, 7) is 4.38. The van der Waals surface area contributed by atoms with Crippen molar-refractivity contribution in [1.82, 2.24) is 10.2 Å². The lowest BCUT2D eigenvalue weighted by Gasteiger charge is -2.27. The summed E-state index contributed by atoms with van der Waals surface area (Å²) in [7, 11) is 3.02. The van der Waals surface area contributed by atoms with E-state index >= 15 is 0 Å². The zero-order chi connectivity index (χ0) is 17.9. The van der Waals surface area contributed by atoms with Crippen LogP contribution in [0.5, 0.6) is 0 Å². The molecule has 0 radical (unpaired) electrons. The van der Waals surface area contributed by atoms with Gasteiger partial charge in [-0.2, -0.15) is 0 Å². The van der Waals surface area contributed by atoms with Crippen LogP contribution in [0.4, 0.5) is 4.79 Å². The first-order chi connectivity index (χ1) is 11.5. The molecule has 0 aliphatic carbocycles. The topological polar surface area (TPSA) is 77.1 Å². The van der Waals surface area contributed by atoms with Crippen molar-refractivity contribution < 1.29 is 23.8 Å². The van der Waals surface area contributed by atoms with E-state index in [-0.39, 0.29) is 19.1 Å². The van der Waals surface area contributed by atoms with Crippen molar-refractivity contribution in [2.45, 2.75) is 32.8 Å². The van der Waals surface area contributed by atoms with Crippen molar-refractivity contribution in [3.8, 4) is 0 Å². The Bertz CT molecular complexity index is 505. The number of alkyl carbamates (subject to hydrolysis) is 1. The van der Waals surface area contributed by atoms with Gasteiger partial charge in [0.1, 0.15) is 12.6 Å². The molecule has 0 aliphatic heterocycles. The number of benzene rings is 1. The maximum absolute atomic E-state index is 12.4. The molecule has 0 aromatic heterocycles. The first-order valence-electron chi connectivity index (χ1n) is 7.83. The Morgan fingerprint density at radius 2 is 1.79 bits per heavy atom. The van der Waals surface area contributed by atoms with E-state index in [2.05, 4.69) is 5.32 Å². The Hall–Kier alpha value is -2.12. The minimum absolute atomic E-state index is 0.153. The molecule has 1 rings (SSSR count). The molecule has 0 aliphatic rings. The number of hydrogen-bond acceptors (Lipinski definition) is 5. The third-order valence-corrected chi connectivity index (χ3v) is 3.51. The van der Waals surface area contributed by atoms with Crippen molar-refractivity contribution in [1.29, 1.82) is 0 Å². The van der Waals surface area contributed by atoms with Crippen LogP contribution in [0, 0.1) is 0 Å². The summed E-state index contributed by atoms with van der Waals surface area (Å²) in [6, 6.07) is 8.62. The average molecular weight is 338 g/mol. The molecule has 7 heteroatoms. The van der Waals surface area contributed by atoms with Crippen molar-refractivity contribution in [3.63, 3.8) is 0 Å². The lowest BCUT2D eigenvalue weighted by Crippen LogP contribution is -2.49. The maximum atomic E-state index is 12.4. The highest BCUT2D eigenvalue weighted by atomic mass is 16.7. The van der Waals surface area contributed by atoms with Gasteiger partial charge >= 0.3 is 6.09 Å². The van der Waals surface area contributed by atoms with Gasteiger partial charge in [-0.15, -0.1) is 0 Å². The predicted molar refractivity (Wildman–Crippen MR) is 89.3 cm³/mol. The zero-order valence-electron chi connectivity index (χ0n) is 14.7. The fourth-order valence-electron chi connectivity index (χ4n) is 2.08. The Morgan fingerprint density at radius 1 is 1.17 bits per heavy atom. The summed E-state index contributed by atoms with van der Waals surface area (Å²) in [5, 5.41) is 2.54. The van der Waals surface area contributed by atoms with Crippen molar-refractivity contribution >= 4 is 12.0 Å². The molecule has 7 nitrogen and oxygen atoms in total. The second-order valence-corrected chi connectivity index (χ2v) is 5.21. The fraction of sp³-hybridized carbons (Fsp3) is 0.529. The molecule has 0 heterocycles. The van der Waals surface area contributed by atoms with Crippen LogP contribution in [-0.4, -0.2) is 56.5 Å². The van der Waals surface area contributed by atoms with E-state index in [1.54, 1.807) is 11.8 Å². The summed E-state index contributed by atoms with van der Waals surface area (Å²) < 4.78 is 15.3. The number of hydrogen-bond donors (Lipinski definition) is 1. The highest BCUT2D eigenvalue weighted by molar-refractivity contribution is 5.85. The van der Waals surface area contributed by atoms with Crippen LogP contribution in [-0.2, 0) is 25.6 Å². The third kappa shape index (κ3) is 6.55. The first kappa shape index (κ1) is 19.9. The molecule has 1 N–H and O–H groups in total. The molecule has 0 unspecified atom stereocenters. The van der Waals surface area contributed by atoms with Crippen molar-refractivity contribution in [2.75, 3.05) is 27.3 Å². The summed E-state index contributed by atoms with van der Waals surface area (Å²) >= 11 is 0. The number of carbonyl (C=O) groups excluding carboxylic acids is 2. The number of likely N-dealkylation sites (N-methyl/N-ethyl adjacent to an activating group) is 1. The normalized spacial score (nSPS) is 11.9. The SMILES string of the molecule is CCN(CC(OC)OC)C(=O)[C@@H](C)NC(=O)OCc1ccccc1. The van der Waals surface area contributed by atoms with Gasteiger partial charge in [-0.05, 0) is 19.4 Å². The standard InChI is InChI=1S/C17H26N2O5/c1-5-19(11-15(22-3)23-4)16(20)13(2)18-17(21)24-12-14-9-7-6-8-10-14/h6-10,13,15H,5,11-12H2,1-4H3,(H,18,21)/t13-/m1/s1. The van der Waals surface area contributed by atoms with Gasteiger partial charge in [0.15, 0.2) is 6.29 Å². The van der Waals surface area contributed by atoms with Gasteiger partial charge < -0.3 is 24.4 Å². The molecule has 1 aromatic rings. The van der Waals surface area contributed by atoms with Crippen LogP contribution in [0.25, 0.3) is 0 Å². The number of ether oxygens (including phenoxy) is 3. The number of rotatable bonds is 9. The third-order valence-electron chi connectivity index (χ3n) is 3.51. The van der Waals surface area contributed by atoms with Crippen molar-refractivity contribution in [2.24, 2.45) is 0 Å². The second kappa shape index (κ2) is 10.6. The summed E-state index contributed by atoms with van der Waals surface area (Å²) in [5.41, 5.74) is 0.879. The van der Waals surface area contributed by atoms with Crippen LogP contribution in [0.15, 0.2) is 30.3 Å². The summed E-state index contributed by atoms with van der Waals surface area (Å²) in [5.74, 6) is -0.228. The van der Waals surface area contributed by atoms with E-state index in [4.69, 9.17) is 14.2 Å². The van der Waals surface area contributed by atoms with Gasteiger partial charge in [0, 0.05) is 20.8 Å². The van der Waals surface area contributed by atoms with Crippen LogP contribution in [0.2, 0.25) is 0 Å². The van der Waals surface area contributed by atoms with E-state index in [0.717, 1.165) is 5.56 Å². The van der Waals surface area contributed by atoms with Crippen LogP contribution in [0.3, 0.4) is 0 Å². The highest BCUT2D eigenvalue weighted by Gasteiger charge is 2.24. The van der Waals surface area contributed by atoms with Gasteiger partial charge in [0.25, 0.3) is 0 Å². The molecular formula is C17H26N2O5. The molecule has 0 saturated heterocycles. The van der Waals surface area contributed by atoms with Gasteiger partial charge in [0.05, 0.1) is 6.54 Å². The van der Waals surface area contributed by atoms with E-state index in [1.165, 1.54) is 14.2 Å². The molecule has 0 fully saturated rings. The monoisotopic (exact) mass is 338 g/mol. The van der Waals surface area contributed by atoms with Gasteiger partial charge in [-0.25, -0.2) is 4.79 Å². The molecule has 0 bridgehead atoms. The van der Waals surface area contributed by atoms with Crippen LogP contribution >= 0.6 is 0 Å². The molecule has 2 amide bonds. The highest BCUT2D eigenvalue weighted by Crippen LogP contribution is 2.03. The van der Waals surface area contributed by atoms with Crippen LogP contribution in [0.1, 0.15) is 19.4 Å². The van der Waals surface area contributed by atoms with E-state index in [9.17, 15) is 9.59 Å². The summed E-state index contributed by atoms with van der Waals surface area (Å²) in [6.07, 6.45) is -1.14. The molecule has 1 aromatic carbocycles. The maximum Gasteiger partial charge on any atom is 0.408 e. The molecule has 1 atom stereocenters. The van der Waals surface area contributed by atoms with Crippen molar-refractivity contribution in [3.05, 3.63) is 35.9 Å². The van der Waals surface area contributed by atoms with Crippen LogP contribution < -0.4 is 5.32 Å². The number of methoxy groups -OCH3 is 2. The number of carbonyl (C=O) groups is 2. The largest absolute Gasteiger partial charge is 0.445 e. The average Bonchev–Trinajstić information content (AvgIpc) is 2.61. The fourth-order valence-corrected chi connectivity index (χ4v) is 2.08. The molecule has 0 saturated carbocycles. The van der Waals surface area contributed by atoms with E-state index in [1.807, 2.05) is 37.3 Å². The second-order valence-electron chi connectivity index (χ2n) is 5.21. The smallest absolute Gasteiger partial charge is 0.408 e. The molecular weight excluding hydrogens is 312 g/mol. The Labute approximate surface area is 142 Å². The lowest BCUT2D eigenvalue weighted by molar-refractivity contribution is -0.146. The molecule has 134 valence electrons. The summed E-state index contributed by atoms with van der Waals surface area (Å²) in [4.78, 5) is 25.8. The predicted octanol–water partition coefficient (Wildman–Crippen LogP) is 1.77. The van der Waals surface area contributed by atoms with Gasteiger partial charge in [0.2, 0.25) is 5.91 Å². The zero-order valence-corrected chi connectivity index (χ0v) is 14.7. The molecule has 24 heavy (non-hydrogen) atoms. The molecule has 0 spiro atoms. The quantitative estimate of drug-likeness (QED) is 0.695. The Kier molecular flexibility index (Phi) is 8.81. The number of amides is 2. The number of nitrogens with zero attached hydrogens (tertiary/aromatic N) is 1. The minimum atomic E-state index is -0.706. The van der Waals surface area contributed by atoms with E-state index in [0.29, 0.717) is 6.54 Å².